The fourth-order valence-electron chi connectivity index (χ4n) is 0.867. The van der Waals surface area contributed by atoms with Gasteiger partial charge < -0.3 is 10.2 Å². The van der Waals surface area contributed by atoms with Crippen LogP contribution in [0.2, 0.25) is 5.15 Å². The Hall–Kier alpha value is -2.14. The summed E-state index contributed by atoms with van der Waals surface area (Å²) in [4.78, 5) is 17.3. The highest BCUT2D eigenvalue weighted by Crippen LogP contribution is 2.16. The molecule has 2 aromatic heterocycles. The van der Waals surface area contributed by atoms with Crippen LogP contribution in [0.4, 0.5) is 0 Å². The minimum atomic E-state index is -0.990. The molecule has 0 radical (unpaired) electrons. The van der Waals surface area contributed by atoms with Gasteiger partial charge in [-0.2, -0.15) is 0 Å². The van der Waals surface area contributed by atoms with E-state index in [0.717, 1.165) is 0 Å². The molecule has 0 spiro atoms. The number of hydrogen-bond donors (Lipinski definition) is 2. The SMILES string of the molecule is O=C(O)c1ccccn1.Oc1cccnc1Cl. The van der Waals surface area contributed by atoms with Gasteiger partial charge in [-0.05, 0) is 24.3 Å². The van der Waals surface area contributed by atoms with Crippen molar-refractivity contribution in [2.45, 2.75) is 0 Å². The molecule has 0 bridgehead atoms. The number of carbonyl (C=O) groups is 1. The number of rotatable bonds is 1. The zero-order chi connectivity index (χ0) is 12.7. The number of aromatic hydroxyl groups is 1. The Kier molecular flexibility index (Phi) is 4.90. The van der Waals surface area contributed by atoms with E-state index in [2.05, 4.69) is 9.97 Å². The van der Waals surface area contributed by atoms with Crippen molar-refractivity contribution in [1.82, 2.24) is 9.97 Å². The Balaban J connectivity index is 0.000000171. The molecule has 88 valence electrons. The Bertz CT molecular complexity index is 470. The lowest BCUT2D eigenvalue weighted by molar-refractivity contribution is 0.0690. The molecule has 0 atom stereocenters. The first-order chi connectivity index (χ1) is 8.11. The summed E-state index contributed by atoms with van der Waals surface area (Å²) < 4.78 is 0. The average Bonchev–Trinajstić information content (AvgIpc) is 2.35. The third-order valence-corrected chi connectivity index (χ3v) is 1.91. The molecular formula is C11H9ClN2O3. The first kappa shape index (κ1) is 12.9. The number of carboxylic acids is 1. The minimum absolute atomic E-state index is 0.0224. The van der Waals surface area contributed by atoms with Crippen molar-refractivity contribution in [1.29, 1.82) is 0 Å². The van der Waals surface area contributed by atoms with E-state index in [1.54, 1.807) is 18.2 Å². The molecular weight excluding hydrogens is 244 g/mol. The van der Waals surface area contributed by atoms with E-state index in [0.29, 0.717) is 0 Å². The lowest BCUT2D eigenvalue weighted by Gasteiger charge is -1.88. The number of halogens is 1. The van der Waals surface area contributed by atoms with Gasteiger partial charge in [-0.3, -0.25) is 0 Å². The van der Waals surface area contributed by atoms with Crippen LogP contribution in [0.1, 0.15) is 10.5 Å². The summed E-state index contributed by atoms with van der Waals surface area (Å²) in [6.07, 6.45) is 2.96. The predicted molar refractivity (Wildman–Crippen MR) is 62.1 cm³/mol. The van der Waals surface area contributed by atoms with Gasteiger partial charge in [-0.1, -0.05) is 17.7 Å². The maximum atomic E-state index is 10.1. The van der Waals surface area contributed by atoms with Crippen molar-refractivity contribution in [3.63, 3.8) is 0 Å². The highest BCUT2D eigenvalue weighted by molar-refractivity contribution is 6.30. The van der Waals surface area contributed by atoms with Crippen molar-refractivity contribution in [3.05, 3.63) is 53.6 Å². The number of pyridine rings is 2. The topological polar surface area (TPSA) is 83.3 Å². The fraction of sp³-hybridized carbons (Fsp3) is 0. The average molecular weight is 253 g/mol. The third kappa shape index (κ3) is 4.48. The Morgan fingerprint density at radius 3 is 2.18 bits per heavy atom. The molecule has 0 saturated heterocycles. The van der Waals surface area contributed by atoms with Gasteiger partial charge in [-0.15, -0.1) is 0 Å². The predicted octanol–water partition coefficient (Wildman–Crippen LogP) is 2.22. The van der Waals surface area contributed by atoms with E-state index in [9.17, 15) is 4.79 Å². The molecule has 2 rings (SSSR count). The first-order valence-corrected chi connectivity index (χ1v) is 4.93. The van der Waals surface area contributed by atoms with Crippen LogP contribution in [0.5, 0.6) is 5.75 Å². The van der Waals surface area contributed by atoms with Crippen molar-refractivity contribution < 1.29 is 15.0 Å². The van der Waals surface area contributed by atoms with Crippen LogP contribution in [0.3, 0.4) is 0 Å². The zero-order valence-electron chi connectivity index (χ0n) is 8.62. The highest BCUT2D eigenvalue weighted by atomic mass is 35.5. The molecule has 5 nitrogen and oxygen atoms in total. The Labute approximate surface area is 102 Å². The van der Waals surface area contributed by atoms with Crippen LogP contribution in [0.25, 0.3) is 0 Å². The smallest absolute Gasteiger partial charge is 0.354 e. The molecule has 0 fully saturated rings. The van der Waals surface area contributed by atoms with E-state index in [4.69, 9.17) is 21.8 Å². The molecule has 2 aromatic rings. The van der Waals surface area contributed by atoms with Gasteiger partial charge in [0.05, 0.1) is 0 Å². The largest absolute Gasteiger partial charge is 0.505 e. The second kappa shape index (κ2) is 6.44. The van der Waals surface area contributed by atoms with Gasteiger partial charge in [0.2, 0.25) is 0 Å². The summed E-state index contributed by atoms with van der Waals surface area (Å²) in [5.41, 5.74) is 0.0810. The van der Waals surface area contributed by atoms with Crippen molar-refractivity contribution in [3.8, 4) is 5.75 Å². The van der Waals surface area contributed by atoms with Crippen LogP contribution in [-0.4, -0.2) is 26.2 Å². The Morgan fingerprint density at radius 2 is 1.82 bits per heavy atom. The molecule has 0 aliphatic rings. The van der Waals surface area contributed by atoms with Gasteiger partial charge in [0.15, 0.2) is 10.9 Å². The molecule has 2 N–H and O–H groups in total. The van der Waals surface area contributed by atoms with Gasteiger partial charge in [0.25, 0.3) is 0 Å². The van der Waals surface area contributed by atoms with Crippen LogP contribution < -0.4 is 0 Å². The Morgan fingerprint density at radius 1 is 1.12 bits per heavy atom. The van der Waals surface area contributed by atoms with Crippen molar-refractivity contribution >= 4 is 17.6 Å². The zero-order valence-corrected chi connectivity index (χ0v) is 9.37. The summed E-state index contributed by atoms with van der Waals surface area (Å²) in [6.45, 7) is 0. The molecule has 0 amide bonds. The summed E-state index contributed by atoms with van der Waals surface area (Å²) >= 11 is 5.35. The molecule has 17 heavy (non-hydrogen) atoms. The molecule has 0 unspecified atom stereocenters. The second-order valence-electron chi connectivity index (χ2n) is 2.83. The normalized spacial score (nSPS) is 9.00. The summed E-state index contributed by atoms with van der Waals surface area (Å²) in [7, 11) is 0. The van der Waals surface area contributed by atoms with Gasteiger partial charge >= 0.3 is 5.97 Å². The van der Waals surface area contributed by atoms with Crippen LogP contribution >= 0.6 is 11.6 Å². The monoisotopic (exact) mass is 252 g/mol. The lowest BCUT2D eigenvalue weighted by Crippen LogP contribution is -1.97. The number of aromatic carboxylic acids is 1. The number of aromatic nitrogens is 2. The highest BCUT2D eigenvalue weighted by Gasteiger charge is 1.98. The van der Waals surface area contributed by atoms with E-state index in [-0.39, 0.29) is 16.6 Å². The van der Waals surface area contributed by atoms with E-state index < -0.39 is 5.97 Å². The number of hydrogen-bond acceptors (Lipinski definition) is 4. The van der Waals surface area contributed by atoms with Crippen molar-refractivity contribution in [2.75, 3.05) is 0 Å². The van der Waals surface area contributed by atoms with Crippen LogP contribution in [0.15, 0.2) is 42.7 Å². The molecule has 0 aliphatic carbocycles. The van der Waals surface area contributed by atoms with Gasteiger partial charge in [0, 0.05) is 12.4 Å². The second-order valence-corrected chi connectivity index (χ2v) is 3.19. The minimum Gasteiger partial charge on any atom is -0.505 e. The van der Waals surface area contributed by atoms with E-state index in [1.165, 1.54) is 24.5 Å². The van der Waals surface area contributed by atoms with E-state index in [1.807, 2.05) is 0 Å². The molecule has 0 aromatic carbocycles. The lowest BCUT2D eigenvalue weighted by atomic mass is 10.4. The fourth-order valence-corrected chi connectivity index (χ4v) is 0.986. The van der Waals surface area contributed by atoms with Gasteiger partial charge in [0.1, 0.15) is 5.69 Å². The van der Waals surface area contributed by atoms with Gasteiger partial charge in [-0.25, -0.2) is 14.8 Å². The van der Waals surface area contributed by atoms with Crippen molar-refractivity contribution in [2.24, 2.45) is 0 Å². The van der Waals surface area contributed by atoms with Crippen LogP contribution in [-0.2, 0) is 0 Å². The maximum Gasteiger partial charge on any atom is 0.354 e. The third-order valence-electron chi connectivity index (χ3n) is 1.62. The number of carboxylic acid groups (broad SMARTS) is 1. The molecule has 0 saturated carbocycles. The standard InChI is InChI=1S/C6H5NO2.C5H4ClNO/c8-6(9)5-3-1-2-4-7-5;6-5-4(8)2-1-3-7-5/h1-4H,(H,8,9);1-3,8H. The summed E-state index contributed by atoms with van der Waals surface area (Å²) in [5, 5.41) is 17.2. The molecule has 2 heterocycles. The quantitative estimate of drug-likeness (QED) is 0.761. The van der Waals surface area contributed by atoms with Crippen LogP contribution in [0, 0.1) is 0 Å². The summed E-state index contributed by atoms with van der Waals surface area (Å²) in [5.74, 6) is -0.968. The first-order valence-electron chi connectivity index (χ1n) is 4.55. The summed E-state index contributed by atoms with van der Waals surface area (Å²) in [6, 6.07) is 7.85. The molecule has 6 heteroatoms. The molecule has 0 aliphatic heterocycles. The number of nitrogens with zero attached hydrogens (tertiary/aromatic N) is 2. The maximum absolute atomic E-state index is 10.1. The van der Waals surface area contributed by atoms with E-state index >= 15 is 0 Å².